The van der Waals surface area contributed by atoms with E-state index in [-0.39, 0.29) is 40.4 Å². The summed E-state index contributed by atoms with van der Waals surface area (Å²) in [5.74, 6) is -0.244. The molecule has 0 aliphatic carbocycles. The van der Waals surface area contributed by atoms with Crippen LogP contribution in [0.3, 0.4) is 0 Å². The van der Waals surface area contributed by atoms with E-state index < -0.39 is 16.0 Å². The number of hydrogen-bond acceptors (Lipinski definition) is 6. The molecule has 2 heterocycles. The molecule has 1 aromatic heterocycles. The van der Waals surface area contributed by atoms with Crippen molar-refractivity contribution in [3.05, 3.63) is 17.1 Å². The van der Waals surface area contributed by atoms with Crippen molar-refractivity contribution in [3.8, 4) is 0 Å². The van der Waals surface area contributed by atoms with Crippen LogP contribution in [-0.4, -0.2) is 52.0 Å². The molecule has 7 nitrogen and oxygen atoms in total. The van der Waals surface area contributed by atoms with Gasteiger partial charge in [-0.15, -0.1) is 12.4 Å². The molecule has 0 bridgehead atoms. The molecule has 1 aliphatic rings. The zero-order valence-corrected chi connectivity index (χ0v) is 15.3. The largest absolute Gasteiger partial charge is 0.465 e. The van der Waals surface area contributed by atoms with Crippen LogP contribution in [-0.2, 0) is 14.8 Å². The lowest BCUT2D eigenvalue weighted by Crippen LogP contribution is -2.44. The number of methoxy groups -OCH3 is 1. The predicted molar refractivity (Wildman–Crippen MR) is 87.6 cm³/mol. The van der Waals surface area contributed by atoms with Crippen LogP contribution in [0.5, 0.6) is 0 Å². The van der Waals surface area contributed by atoms with Gasteiger partial charge in [0.15, 0.2) is 0 Å². The van der Waals surface area contributed by atoms with Crippen LogP contribution in [0, 0.1) is 13.8 Å². The van der Waals surface area contributed by atoms with Gasteiger partial charge in [-0.25, -0.2) is 13.2 Å². The normalized spacial score (nSPS) is 16.2. The minimum absolute atomic E-state index is 0. The van der Waals surface area contributed by atoms with Crippen LogP contribution in [0.1, 0.15) is 34.7 Å². The molecule has 1 aliphatic heterocycles. The van der Waals surface area contributed by atoms with Crippen molar-refractivity contribution < 1.29 is 22.4 Å². The van der Waals surface area contributed by atoms with Crippen molar-refractivity contribution in [2.45, 2.75) is 37.6 Å². The van der Waals surface area contributed by atoms with E-state index in [4.69, 9.17) is 9.15 Å². The Hall–Kier alpha value is -1.09. The second-order valence-electron chi connectivity index (χ2n) is 5.41. The summed E-state index contributed by atoms with van der Waals surface area (Å²) < 4.78 is 37.3. The number of hydrogen-bond donors (Lipinski definition) is 1. The minimum Gasteiger partial charge on any atom is -0.465 e. The van der Waals surface area contributed by atoms with Crippen LogP contribution in [0.4, 0.5) is 0 Å². The number of carbonyl (C=O) groups excluding carboxylic acids is 1. The Labute approximate surface area is 142 Å². The number of rotatable bonds is 4. The smallest absolute Gasteiger partial charge is 0.342 e. The molecule has 2 rings (SSSR count). The number of nitrogens with one attached hydrogen (secondary N) is 1. The predicted octanol–water partition coefficient (Wildman–Crippen LogP) is 1.48. The maximum absolute atomic E-state index is 12.9. The second kappa shape index (κ2) is 7.65. The maximum Gasteiger partial charge on any atom is 0.342 e. The first-order valence-corrected chi connectivity index (χ1v) is 8.61. The van der Waals surface area contributed by atoms with Crippen molar-refractivity contribution in [1.29, 1.82) is 0 Å². The van der Waals surface area contributed by atoms with Gasteiger partial charge in [-0.1, -0.05) is 0 Å². The number of carbonyl (C=O) groups is 1. The molecule has 23 heavy (non-hydrogen) atoms. The number of sulfonamides is 1. The van der Waals surface area contributed by atoms with Gasteiger partial charge in [0.05, 0.1) is 7.11 Å². The fourth-order valence-electron chi connectivity index (χ4n) is 2.82. The summed E-state index contributed by atoms with van der Waals surface area (Å²) in [5.41, 5.74) is -0.0132. The number of esters is 1. The molecular weight excluding hydrogens is 344 g/mol. The zero-order chi connectivity index (χ0) is 16.5. The van der Waals surface area contributed by atoms with Gasteiger partial charge in [-0.3, -0.25) is 0 Å². The Morgan fingerprint density at radius 1 is 1.26 bits per heavy atom. The van der Waals surface area contributed by atoms with Crippen molar-refractivity contribution in [2.24, 2.45) is 0 Å². The van der Waals surface area contributed by atoms with Gasteiger partial charge in [0, 0.05) is 13.1 Å². The quantitative estimate of drug-likeness (QED) is 0.812. The molecule has 0 spiro atoms. The Morgan fingerprint density at radius 2 is 1.83 bits per heavy atom. The van der Waals surface area contributed by atoms with Crippen LogP contribution >= 0.6 is 12.4 Å². The van der Waals surface area contributed by atoms with Gasteiger partial charge >= 0.3 is 5.97 Å². The van der Waals surface area contributed by atoms with Gasteiger partial charge in [0.1, 0.15) is 22.0 Å². The van der Waals surface area contributed by atoms with E-state index in [1.54, 1.807) is 20.9 Å². The molecule has 1 aromatic rings. The van der Waals surface area contributed by atoms with E-state index in [0.717, 1.165) is 25.9 Å². The third kappa shape index (κ3) is 3.71. The highest BCUT2D eigenvalue weighted by Gasteiger charge is 2.37. The van der Waals surface area contributed by atoms with Gasteiger partial charge < -0.3 is 14.5 Å². The lowest BCUT2D eigenvalue weighted by atomic mass is 10.1. The molecule has 1 saturated heterocycles. The molecule has 1 N–H and O–H groups in total. The van der Waals surface area contributed by atoms with Gasteiger partial charge in [0.2, 0.25) is 10.0 Å². The SMILES string of the molecule is COC(=O)c1c(C)oc(C)c1S(=O)(=O)N(C)C1CCNCC1.Cl. The van der Waals surface area contributed by atoms with E-state index in [2.05, 4.69) is 5.32 Å². The zero-order valence-electron chi connectivity index (χ0n) is 13.7. The molecule has 0 saturated carbocycles. The van der Waals surface area contributed by atoms with Gasteiger partial charge in [-0.2, -0.15) is 4.31 Å². The van der Waals surface area contributed by atoms with Crippen LogP contribution in [0.15, 0.2) is 9.31 Å². The summed E-state index contributed by atoms with van der Waals surface area (Å²) >= 11 is 0. The van der Waals surface area contributed by atoms with Gasteiger partial charge in [-0.05, 0) is 39.8 Å². The molecule has 0 radical (unpaired) electrons. The van der Waals surface area contributed by atoms with Crippen LogP contribution in [0.2, 0.25) is 0 Å². The summed E-state index contributed by atoms with van der Waals surface area (Å²) in [5, 5.41) is 3.20. The molecule has 0 aromatic carbocycles. The third-order valence-corrected chi connectivity index (χ3v) is 6.12. The van der Waals surface area contributed by atoms with E-state index in [0.29, 0.717) is 0 Å². The summed E-state index contributed by atoms with van der Waals surface area (Å²) in [6.07, 6.45) is 1.47. The standard InChI is InChI=1S/C14H22N2O5S.ClH/c1-9-12(14(17)20-4)13(10(2)21-9)22(18,19)16(3)11-5-7-15-8-6-11;/h11,15H,5-8H2,1-4H3;1H. The highest BCUT2D eigenvalue weighted by atomic mass is 35.5. The summed E-state index contributed by atoms with van der Waals surface area (Å²) in [6.45, 7) is 4.65. The first kappa shape index (κ1) is 20.0. The number of nitrogens with zero attached hydrogens (tertiary/aromatic N) is 1. The number of aryl methyl sites for hydroxylation is 2. The molecule has 9 heteroatoms. The van der Waals surface area contributed by atoms with Crippen molar-refractivity contribution in [1.82, 2.24) is 9.62 Å². The fourth-order valence-corrected chi connectivity index (χ4v) is 4.60. The summed E-state index contributed by atoms with van der Waals surface area (Å²) in [7, 11) is -1.05. The van der Waals surface area contributed by atoms with E-state index in [1.165, 1.54) is 11.4 Å². The van der Waals surface area contributed by atoms with Crippen molar-refractivity contribution >= 4 is 28.4 Å². The highest BCUT2D eigenvalue weighted by molar-refractivity contribution is 7.89. The van der Waals surface area contributed by atoms with Crippen LogP contribution < -0.4 is 5.32 Å². The van der Waals surface area contributed by atoms with Crippen LogP contribution in [0.25, 0.3) is 0 Å². The Balaban J connectivity index is 0.00000264. The number of furan rings is 1. The molecule has 0 amide bonds. The first-order valence-electron chi connectivity index (χ1n) is 7.17. The number of piperidine rings is 1. The summed E-state index contributed by atoms with van der Waals surface area (Å²) in [4.78, 5) is 11.9. The van der Waals surface area contributed by atoms with Crippen molar-refractivity contribution in [2.75, 3.05) is 27.2 Å². The highest BCUT2D eigenvalue weighted by Crippen LogP contribution is 2.31. The fraction of sp³-hybridized carbons (Fsp3) is 0.643. The maximum atomic E-state index is 12.9. The minimum atomic E-state index is -3.82. The average Bonchev–Trinajstić information content (AvgIpc) is 2.81. The monoisotopic (exact) mass is 366 g/mol. The van der Waals surface area contributed by atoms with Crippen molar-refractivity contribution in [3.63, 3.8) is 0 Å². The molecule has 132 valence electrons. The average molecular weight is 367 g/mol. The Morgan fingerprint density at radius 3 is 2.35 bits per heavy atom. The van der Waals surface area contributed by atoms with Gasteiger partial charge in [0.25, 0.3) is 0 Å². The molecule has 0 atom stereocenters. The Kier molecular flexibility index (Phi) is 6.64. The van der Waals surface area contributed by atoms with E-state index >= 15 is 0 Å². The van der Waals surface area contributed by atoms with E-state index in [9.17, 15) is 13.2 Å². The molecular formula is C14H23ClN2O5S. The number of ether oxygens (including phenoxy) is 1. The second-order valence-corrected chi connectivity index (χ2v) is 7.35. The summed E-state index contributed by atoms with van der Waals surface area (Å²) in [6, 6.07) is -0.0913. The topological polar surface area (TPSA) is 88.8 Å². The molecule has 0 unspecified atom stereocenters. The Bertz CT molecular complexity index is 665. The number of halogens is 1. The lowest BCUT2D eigenvalue weighted by Gasteiger charge is -2.30. The van der Waals surface area contributed by atoms with E-state index in [1.807, 2.05) is 0 Å². The third-order valence-electron chi connectivity index (χ3n) is 4.05. The molecule has 1 fully saturated rings. The first-order chi connectivity index (χ1) is 10.3. The lowest BCUT2D eigenvalue weighted by molar-refractivity contribution is 0.0594.